The summed E-state index contributed by atoms with van der Waals surface area (Å²) in [5.41, 5.74) is 5.30. The number of hydrogen-bond acceptors (Lipinski definition) is 9. The lowest BCUT2D eigenvalue weighted by molar-refractivity contribution is 0.159. The summed E-state index contributed by atoms with van der Waals surface area (Å²) in [6, 6.07) is 3.94. The second-order valence-electron chi connectivity index (χ2n) is 5.23. The van der Waals surface area contributed by atoms with Gasteiger partial charge in [0.25, 0.3) is 0 Å². The first-order valence-corrected chi connectivity index (χ1v) is 8.18. The van der Waals surface area contributed by atoms with Gasteiger partial charge >= 0.3 is 11.8 Å². The third-order valence-electron chi connectivity index (χ3n) is 3.48. The summed E-state index contributed by atoms with van der Waals surface area (Å²) in [5.74, 6) is -1.09. The van der Waals surface area contributed by atoms with E-state index in [4.69, 9.17) is 14.9 Å². The van der Waals surface area contributed by atoms with Crippen LogP contribution < -0.4 is 16.4 Å². The number of hydrogen-bond donors (Lipinski definition) is 1. The quantitative estimate of drug-likeness (QED) is 0.597. The maximum absolute atomic E-state index is 13.5. The van der Waals surface area contributed by atoms with Crippen molar-refractivity contribution in [3.05, 3.63) is 39.0 Å². The van der Waals surface area contributed by atoms with E-state index >= 15 is 0 Å². The van der Waals surface area contributed by atoms with E-state index < -0.39 is 17.7 Å². The van der Waals surface area contributed by atoms with E-state index in [0.29, 0.717) is 0 Å². The van der Waals surface area contributed by atoms with Gasteiger partial charge in [-0.1, -0.05) is 5.16 Å². The fourth-order valence-corrected chi connectivity index (χ4v) is 2.58. The second-order valence-corrected chi connectivity index (χ2v) is 6.09. The van der Waals surface area contributed by atoms with E-state index in [1.807, 2.05) is 0 Å². The Morgan fingerprint density at radius 1 is 1.41 bits per heavy atom. The van der Waals surface area contributed by atoms with Crippen LogP contribution in [0.15, 0.2) is 36.6 Å². The Bertz CT molecular complexity index is 1030. The predicted molar refractivity (Wildman–Crippen MR) is 91.9 cm³/mol. The van der Waals surface area contributed by atoms with Crippen LogP contribution in [0.2, 0.25) is 0 Å². The van der Waals surface area contributed by atoms with Crippen LogP contribution in [-0.4, -0.2) is 46.3 Å². The van der Waals surface area contributed by atoms with Crippen molar-refractivity contribution in [1.82, 2.24) is 20.0 Å². The van der Waals surface area contributed by atoms with Gasteiger partial charge in [0.15, 0.2) is 5.69 Å². The smallest absolute Gasteiger partial charge is 0.446 e. The Kier molecular flexibility index (Phi) is 5.21. The summed E-state index contributed by atoms with van der Waals surface area (Å²) in [4.78, 5) is 24.3. The van der Waals surface area contributed by atoms with E-state index in [1.54, 1.807) is 11.9 Å². The number of carbonyl (C=O) groups is 1. The van der Waals surface area contributed by atoms with Crippen molar-refractivity contribution >= 4 is 27.8 Å². The number of nitrogens with two attached hydrogens (primary N) is 1. The van der Waals surface area contributed by atoms with Crippen molar-refractivity contribution in [2.45, 2.75) is 0 Å². The van der Waals surface area contributed by atoms with Crippen LogP contribution in [-0.2, 0) is 4.74 Å². The monoisotopic (exact) mass is 442 g/mol. The first-order valence-electron chi connectivity index (χ1n) is 7.39. The van der Waals surface area contributed by atoms with E-state index in [1.165, 1.54) is 18.2 Å². The summed E-state index contributed by atoms with van der Waals surface area (Å²) < 4.78 is 28.9. The van der Waals surface area contributed by atoms with Gasteiger partial charge in [0, 0.05) is 7.05 Å². The highest BCUT2D eigenvalue weighted by Gasteiger charge is 2.25. The fourth-order valence-electron chi connectivity index (χ4n) is 2.22. The Labute approximate surface area is 158 Å². The normalized spacial score (nSPS) is 10.8. The number of nitrogens with zero attached hydrogens (tertiary/aromatic N) is 5. The van der Waals surface area contributed by atoms with Crippen molar-refractivity contribution in [2.24, 2.45) is 5.73 Å². The van der Waals surface area contributed by atoms with Gasteiger partial charge in [-0.05, 0) is 44.4 Å². The highest BCUT2D eigenvalue weighted by molar-refractivity contribution is 9.10. The number of primary amides is 1. The van der Waals surface area contributed by atoms with E-state index in [2.05, 4.69) is 36.1 Å². The molecule has 0 unspecified atom stereocenters. The third kappa shape index (κ3) is 3.81. The van der Waals surface area contributed by atoms with Gasteiger partial charge in [-0.15, -0.1) is 0 Å². The first kappa shape index (κ1) is 18.6. The van der Waals surface area contributed by atoms with Crippen molar-refractivity contribution in [3.8, 4) is 17.2 Å². The number of anilines is 1. The molecule has 2 heterocycles. The lowest BCUT2D eigenvalue weighted by atomic mass is 10.3. The van der Waals surface area contributed by atoms with Crippen LogP contribution in [0.3, 0.4) is 0 Å². The van der Waals surface area contributed by atoms with Crippen LogP contribution in [0.25, 0.3) is 17.2 Å². The molecule has 0 atom stereocenters. The van der Waals surface area contributed by atoms with Gasteiger partial charge in [-0.25, -0.2) is 23.2 Å². The molecule has 1 aromatic carbocycles. The predicted octanol–water partition coefficient (Wildman–Crippen LogP) is 1.31. The largest absolute Gasteiger partial charge is 0.448 e. The van der Waals surface area contributed by atoms with Crippen LogP contribution in [0.4, 0.5) is 15.0 Å². The minimum atomic E-state index is -0.908. The molecule has 0 radical (unpaired) electrons. The number of rotatable bonds is 6. The molecule has 0 saturated heterocycles. The van der Waals surface area contributed by atoms with Crippen LogP contribution >= 0.6 is 15.9 Å². The summed E-state index contributed by atoms with van der Waals surface area (Å²) in [6.07, 6.45) is -0.908. The number of aromatic nitrogens is 4. The van der Waals surface area contributed by atoms with Crippen molar-refractivity contribution in [3.63, 3.8) is 0 Å². The molecule has 0 bridgehead atoms. The lowest BCUT2D eigenvalue weighted by Crippen LogP contribution is -2.26. The Morgan fingerprint density at radius 2 is 2.19 bits per heavy atom. The molecule has 0 fully saturated rings. The minimum Gasteiger partial charge on any atom is -0.448 e. The van der Waals surface area contributed by atoms with Gasteiger partial charge < -0.3 is 15.4 Å². The number of ether oxygens (including phenoxy) is 1. The maximum atomic E-state index is 13.5. The van der Waals surface area contributed by atoms with Gasteiger partial charge in [0.1, 0.15) is 12.4 Å². The zero-order valence-electron chi connectivity index (χ0n) is 13.8. The van der Waals surface area contributed by atoms with Crippen molar-refractivity contribution in [2.75, 3.05) is 25.1 Å². The third-order valence-corrected chi connectivity index (χ3v) is 4.09. The topological polar surface area (TPSA) is 143 Å². The number of carbonyl (C=O) groups excluding carboxylic acids is 1. The molecule has 0 aliphatic carbocycles. The summed E-state index contributed by atoms with van der Waals surface area (Å²) in [5, 5.41) is 11.2. The molecule has 2 aromatic heterocycles. The molecule has 27 heavy (non-hydrogen) atoms. The minimum absolute atomic E-state index is 0.00238. The zero-order chi connectivity index (χ0) is 19.6. The second kappa shape index (κ2) is 7.57. The van der Waals surface area contributed by atoms with Gasteiger partial charge in [0.2, 0.25) is 11.6 Å². The summed E-state index contributed by atoms with van der Waals surface area (Å²) in [7, 11) is 1.63. The molecular formula is C14H12BrFN6O5. The van der Waals surface area contributed by atoms with E-state index in [0.717, 1.165) is 4.57 Å². The Morgan fingerprint density at radius 3 is 2.89 bits per heavy atom. The van der Waals surface area contributed by atoms with Crippen molar-refractivity contribution in [1.29, 1.82) is 0 Å². The van der Waals surface area contributed by atoms with Crippen molar-refractivity contribution < 1.29 is 23.1 Å². The van der Waals surface area contributed by atoms with Gasteiger partial charge in [0.05, 0.1) is 16.7 Å². The average molecular weight is 443 g/mol. The molecule has 3 rings (SSSR count). The molecule has 0 spiro atoms. The highest BCUT2D eigenvalue weighted by atomic mass is 79.9. The standard InChI is InChI=1S/C14H12BrFN6O5/c1-21(4-5-25-13(17)23)11-10(18-27-20-11)12-19-26-14(24)22(12)7-2-3-9(16)8(15)6-7/h2-3,6H,4-5H2,1H3,(H2,17,23). The summed E-state index contributed by atoms with van der Waals surface area (Å²) in [6.45, 7) is 0.211. The molecule has 0 aliphatic rings. The SMILES string of the molecule is CN(CCOC(N)=O)c1nonc1-c1noc(=O)n1-c1ccc(F)c(Br)c1. The lowest BCUT2D eigenvalue weighted by Gasteiger charge is -2.15. The van der Waals surface area contributed by atoms with E-state index in [-0.39, 0.29) is 40.6 Å². The van der Waals surface area contributed by atoms with Crippen LogP contribution in [0.1, 0.15) is 0 Å². The molecule has 13 heteroatoms. The maximum Gasteiger partial charge on any atom is 0.446 e. The molecule has 2 N–H and O–H groups in total. The Balaban J connectivity index is 1.97. The van der Waals surface area contributed by atoms with Crippen LogP contribution in [0, 0.1) is 5.82 Å². The molecule has 11 nitrogen and oxygen atoms in total. The molecule has 0 aliphatic heterocycles. The number of likely N-dealkylation sites (N-methyl/N-ethyl adjacent to an activating group) is 1. The average Bonchev–Trinajstić information content (AvgIpc) is 3.23. The molecule has 0 saturated carbocycles. The van der Waals surface area contributed by atoms with E-state index in [9.17, 15) is 14.0 Å². The molecule has 1 amide bonds. The Hall–Kier alpha value is -3.22. The molecule has 3 aromatic rings. The number of benzene rings is 1. The number of halogens is 2. The molecular weight excluding hydrogens is 431 g/mol. The van der Waals surface area contributed by atoms with Gasteiger partial charge in [-0.2, -0.15) is 0 Å². The van der Waals surface area contributed by atoms with Gasteiger partial charge in [-0.3, -0.25) is 4.52 Å². The highest BCUT2D eigenvalue weighted by Crippen LogP contribution is 2.27. The molecule has 142 valence electrons. The first-order chi connectivity index (χ1) is 12.9. The summed E-state index contributed by atoms with van der Waals surface area (Å²) >= 11 is 3.06. The van der Waals surface area contributed by atoms with Crippen LogP contribution in [0.5, 0.6) is 0 Å². The fraction of sp³-hybridized carbons (Fsp3) is 0.214. The zero-order valence-corrected chi connectivity index (χ0v) is 15.3. The number of amides is 1.